The van der Waals surface area contributed by atoms with Crippen LogP contribution in [0.25, 0.3) is 0 Å². The molecular formula is C7H7NO3. The van der Waals surface area contributed by atoms with Crippen LogP contribution in [0.4, 0.5) is 0 Å². The zero-order valence-corrected chi connectivity index (χ0v) is 5.73. The van der Waals surface area contributed by atoms with Crippen LogP contribution >= 0.6 is 0 Å². The Labute approximate surface area is 63.1 Å². The quantitative estimate of drug-likeness (QED) is 0.639. The summed E-state index contributed by atoms with van der Waals surface area (Å²) in [7, 11) is 0. The van der Waals surface area contributed by atoms with E-state index in [9.17, 15) is 9.59 Å². The molecule has 4 nitrogen and oxygen atoms in total. The van der Waals surface area contributed by atoms with Crippen molar-refractivity contribution in [2.75, 3.05) is 0 Å². The molecule has 0 saturated carbocycles. The molecule has 0 aliphatic rings. The minimum atomic E-state index is -0.918. The van der Waals surface area contributed by atoms with Crippen molar-refractivity contribution in [1.29, 1.82) is 0 Å². The highest BCUT2D eigenvalue weighted by Gasteiger charge is 1.98. The Balaban J connectivity index is 2.72. The van der Waals surface area contributed by atoms with Crippen LogP contribution in [0.5, 0.6) is 0 Å². The van der Waals surface area contributed by atoms with Crippen molar-refractivity contribution >= 4 is 12.3 Å². The molecular weight excluding hydrogens is 146 g/mol. The molecule has 1 heterocycles. The third kappa shape index (κ3) is 1.93. The zero-order chi connectivity index (χ0) is 8.27. The van der Waals surface area contributed by atoms with Crippen LogP contribution < -0.4 is 0 Å². The Morgan fingerprint density at radius 1 is 1.73 bits per heavy atom. The van der Waals surface area contributed by atoms with Crippen molar-refractivity contribution in [2.24, 2.45) is 0 Å². The summed E-state index contributed by atoms with van der Waals surface area (Å²) in [5.74, 6) is -0.918. The lowest BCUT2D eigenvalue weighted by Crippen LogP contribution is -2.06. The van der Waals surface area contributed by atoms with Gasteiger partial charge in [0.15, 0.2) is 6.29 Å². The first-order chi connectivity index (χ1) is 5.22. The molecule has 58 valence electrons. The summed E-state index contributed by atoms with van der Waals surface area (Å²) in [6, 6.07) is 1.57. The van der Waals surface area contributed by atoms with Gasteiger partial charge in [0.2, 0.25) is 0 Å². The van der Waals surface area contributed by atoms with Crippen LogP contribution in [0.15, 0.2) is 18.5 Å². The minimum Gasteiger partial charge on any atom is -0.480 e. The molecule has 11 heavy (non-hydrogen) atoms. The normalized spacial score (nSPS) is 9.45. The topological polar surface area (TPSA) is 59.3 Å². The van der Waals surface area contributed by atoms with Crippen molar-refractivity contribution < 1.29 is 14.7 Å². The fourth-order valence-electron chi connectivity index (χ4n) is 0.784. The van der Waals surface area contributed by atoms with Gasteiger partial charge in [-0.25, -0.2) is 0 Å². The third-order valence-electron chi connectivity index (χ3n) is 1.23. The predicted molar refractivity (Wildman–Crippen MR) is 37.5 cm³/mol. The zero-order valence-electron chi connectivity index (χ0n) is 5.73. The summed E-state index contributed by atoms with van der Waals surface area (Å²) < 4.78 is 1.44. The molecule has 1 aromatic heterocycles. The van der Waals surface area contributed by atoms with Gasteiger partial charge < -0.3 is 9.67 Å². The largest absolute Gasteiger partial charge is 0.480 e. The molecule has 1 aromatic rings. The highest BCUT2D eigenvalue weighted by atomic mass is 16.4. The number of rotatable bonds is 3. The lowest BCUT2D eigenvalue weighted by molar-refractivity contribution is -0.137. The number of aliphatic carboxylic acids is 1. The van der Waals surface area contributed by atoms with E-state index in [4.69, 9.17) is 5.11 Å². The maximum absolute atomic E-state index is 10.2. The average molecular weight is 153 g/mol. The second-order valence-electron chi connectivity index (χ2n) is 2.13. The SMILES string of the molecule is O=Cc1ccn(CC(=O)O)c1. The number of hydrogen-bond donors (Lipinski definition) is 1. The van der Waals surface area contributed by atoms with Gasteiger partial charge in [-0.2, -0.15) is 0 Å². The van der Waals surface area contributed by atoms with Crippen LogP contribution in [-0.4, -0.2) is 21.9 Å². The molecule has 0 radical (unpaired) electrons. The predicted octanol–water partition coefficient (Wildman–Crippen LogP) is 0.385. The molecule has 0 unspecified atom stereocenters. The second-order valence-corrected chi connectivity index (χ2v) is 2.13. The monoisotopic (exact) mass is 153 g/mol. The Hall–Kier alpha value is -1.58. The molecule has 0 saturated heterocycles. The summed E-state index contributed by atoms with van der Waals surface area (Å²) in [4.78, 5) is 20.3. The second kappa shape index (κ2) is 3.01. The number of carbonyl (C=O) groups is 2. The molecule has 1 rings (SSSR count). The molecule has 0 spiro atoms. The van der Waals surface area contributed by atoms with E-state index in [0.717, 1.165) is 0 Å². The van der Waals surface area contributed by atoms with E-state index in [-0.39, 0.29) is 6.54 Å². The van der Waals surface area contributed by atoms with Gasteiger partial charge in [0.1, 0.15) is 6.54 Å². The van der Waals surface area contributed by atoms with Crippen LogP contribution in [0.3, 0.4) is 0 Å². The number of hydrogen-bond acceptors (Lipinski definition) is 2. The van der Waals surface area contributed by atoms with Gasteiger partial charge in [0, 0.05) is 18.0 Å². The summed E-state index contributed by atoms with van der Waals surface area (Å²) in [5.41, 5.74) is 0.492. The highest BCUT2D eigenvalue weighted by molar-refractivity contribution is 5.74. The molecule has 0 atom stereocenters. The maximum atomic E-state index is 10.2. The van der Waals surface area contributed by atoms with E-state index >= 15 is 0 Å². The first kappa shape index (κ1) is 7.53. The van der Waals surface area contributed by atoms with Crippen molar-refractivity contribution in [3.63, 3.8) is 0 Å². The van der Waals surface area contributed by atoms with E-state index in [1.54, 1.807) is 12.3 Å². The van der Waals surface area contributed by atoms with E-state index < -0.39 is 5.97 Å². The maximum Gasteiger partial charge on any atom is 0.323 e. The Morgan fingerprint density at radius 2 is 2.45 bits per heavy atom. The van der Waals surface area contributed by atoms with Crippen molar-refractivity contribution in [2.45, 2.75) is 6.54 Å². The van der Waals surface area contributed by atoms with Gasteiger partial charge in [-0.15, -0.1) is 0 Å². The lowest BCUT2D eigenvalue weighted by atomic mass is 10.4. The number of carboxylic acid groups (broad SMARTS) is 1. The van der Waals surface area contributed by atoms with Gasteiger partial charge in [0.25, 0.3) is 0 Å². The average Bonchev–Trinajstić information content (AvgIpc) is 2.34. The summed E-state index contributed by atoms with van der Waals surface area (Å²) in [6.45, 7) is -0.103. The number of aldehydes is 1. The molecule has 0 amide bonds. The number of aromatic nitrogens is 1. The minimum absolute atomic E-state index is 0.103. The molecule has 0 bridgehead atoms. The van der Waals surface area contributed by atoms with E-state index in [2.05, 4.69) is 0 Å². The summed E-state index contributed by atoms with van der Waals surface area (Å²) in [5, 5.41) is 8.34. The Bertz CT molecular complexity index is 277. The molecule has 4 heteroatoms. The van der Waals surface area contributed by atoms with E-state index in [1.165, 1.54) is 10.8 Å². The van der Waals surface area contributed by atoms with Gasteiger partial charge in [-0.1, -0.05) is 0 Å². The first-order valence-corrected chi connectivity index (χ1v) is 3.05. The van der Waals surface area contributed by atoms with Crippen LogP contribution in [0, 0.1) is 0 Å². The van der Waals surface area contributed by atoms with Crippen LogP contribution in [0.2, 0.25) is 0 Å². The fourth-order valence-corrected chi connectivity index (χ4v) is 0.784. The molecule has 0 aromatic carbocycles. The molecule has 0 aliphatic carbocycles. The first-order valence-electron chi connectivity index (χ1n) is 3.05. The summed E-state index contributed by atoms with van der Waals surface area (Å²) in [6.07, 6.45) is 3.72. The van der Waals surface area contributed by atoms with Crippen LogP contribution in [0.1, 0.15) is 10.4 Å². The number of carbonyl (C=O) groups excluding carboxylic acids is 1. The lowest BCUT2D eigenvalue weighted by Gasteiger charge is -1.93. The highest BCUT2D eigenvalue weighted by Crippen LogP contribution is 1.96. The van der Waals surface area contributed by atoms with Gasteiger partial charge in [0.05, 0.1) is 0 Å². The summed E-state index contributed by atoms with van der Waals surface area (Å²) >= 11 is 0. The Kier molecular flexibility index (Phi) is 2.06. The number of nitrogens with zero attached hydrogens (tertiary/aromatic N) is 1. The van der Waals surface area contributed by atoms with Crippen molar-refractivity contribution in [3.8, 4) is 0 Å². The fraction of sp³-hybridized carbons (Fsp3) is 0.143. The van der Waals surface area contributed by atoms with E-state index in [1.807, 2.05) is 0 Å². The van der Waals surface area contributed by atoms with E-state index in [0.29, 0.717) is 11.8 Å². The van der Waals surface area contributed by atoms with Crippen molar-refractivity contribution in [1.82, 2.24) is 4.57 Å². The van der Waals surface area contributed by atoms with Crippen LogP contribution in [-0.2, 0) is 11.3 Å². The van der Waals surface area contributed by atoms with Gasteiger partial charge in [-0.3, -0.25) is 9.59 Å². The molecule has 0 aliphatic heterocycles. The standard InChI is InChI=1S/C7H7NO3/c9-5-6-1-2-8(3-6)4-7(10)11/h1-3,5H,4H2,(H,10,11). The molecule has 1 N–H and O–H groups in total. The Morgan fingerprint density at radius 3 is 2.91 bits per heavy atom. The number of carboxylic acids is 1. The van der Waals surface area contributed by atoms with Crippen molar-refractivity contribution in [3.05, 3.63) is 24.0 Å². The van der Waals surface area contributed by atoms with Gasteiger partial charge in [-0.05, 0) is 6.07 Å². The van der Waals surface area contributed by atoms with Gasteiger partial charge >= 0.3 is 5.97 Å². The molecule has 0 fully saturated rings. The third-order valence-corrected chi connectivity index (χ3v) is 1.23. The smallest absolute Gasteiger partial charge is 0.323 e.